The summed E-state index contributed by atoms with van der Waals surface area (Å²) in [7, 11) is 1.96. The molecule has 1 N–H and O–H groups in total. The van der Waals surface area contributed by atoms with Crippen molar-refractivity contribution in [3.63, 3.8) is 0 Å². The maximum atomic E-state index is 12.9. The molecule has 3 rings (SSSR count). The zero-order chi connectivity index (χ0) is 13.9. The van der Waals surface area contributed by atoms with Gasteiger partial charge in [-0.2, -0.15) is 0 Å². The van der Waals surface area contributed by atoms with E-state index in [0.717, 1.165) is 36.9 Å². The number of nitrogens with one attached hydrogen (secondary N) is 1. The van der Waals surface area contributed by atoms with Crippen molar-refractivity contribution in [3.8, 4) is 0 Å². The standard InChI is InChI=1S/C16H20N2OS/c1-17-10-12-6-4-5-9-18(12)16(19)14-11-20-15-8-3-2-7-13(14)15/h2-3,7-8,11-12,17H,4-6,9-10H2,1H3. The lowest BCUT2D eigenvalue weighted by Gasteiger charge is -2.35. The molecule has 1 aliphatic heterocycles. The summed E-state index contributed by atoms with van der Waals surface area (Å²) in [4.78, 5) is 14.9. The molecule has 0 radical (unpaired) electrons. The van der Waals surface area contributed by atoms with E-state index in [1.54, 1.807) is 11.3 Å². The number of nitrogens with zero attached hydrogens (tertiary/aromatic N) is 1. The average Bonchev–Trinajstić information content (AvgIpc) is 2.91. The van der Waals surface area contributed by atoms with Crippen LogP contribution in [0.4, 0.5) is 0 Å². The number of amides is 1. The molecule has 2 aromatic rings. The number of rotatable bonds is 3. The first kappa shape index (κ1) is 13.6. The van der Waals surface area contributed by atoms with Gasteiger partial charge in [-0.05, 0) is 32.4 Å². The van der Waals surface area contributed by atoms with Crippen molar-refractivity contribution < 1.29 is 4.79 Å². The third-order valence-corrected chi connectivity index (χ3v) is 5.00. The highest BCUT2D eigenvalue weighted by atomic mass is 32.1. The van der Waals surface area contributed by atoms with Crippen LogP contribution in [0.15, 0.2) is 29.6 Å². The second kappa shape index (κ2) is 5.94. The summed E-state index contributed by atoms with van der Waals surface area (Å²) >= 11 is 1.66. The SMILES string of the molecule is CNCC1CCCCN1C(=O)c1csc2ccccc12. The first-order chi connectivity index (χ1) is 9.81. The maximum Gasteiger partial charge on any atom is 0.255 e. The minimum Gasteiger partial charge on any atom is -0.334 e. The molecule has 1 unspecified atom stereocenters. The Morgan fingerprint density at radius 1 is 1.40 bits per heavy atom. The molecule has 0 aliphatic carbocycles. The maximum absolute atomic E-state index is 12.9. The van der Waals surface area contributed by atoms with Crippen molar-refractivity contribution in [3.05, 3.63) is 35.2 Å². The molecule has 0 saturated carbocycles. The number of likely N-dealkylation sites (tertiary alicyclic amines) is 1. The summed E-state index contributed by atoms with van der Waals surface area (Å²) in [6.07, 6.45) is 3.45. The molecular formula is C16H20N2OS. The number of hydrogen-bond acceptors (Lipinski definition) is 3. The third kappa shape index (κ3) is 2.45. The molecule has 2 heterocycles. The minimum atomic E-state index is 0.197. The fraction of sp³-hybridized carbons (Fsp3) is 0.438. The quantitative estimate of drug-likeness (QED) is 0.941. The van der Waals surface area contributed by atoms with E-state index >= 15 is 0 Å². The minimum absolute atomic E-state index is 0.197. The van der Waals surface area contributed by atoms with Gasteiger partial charge in [-0.25, -0.2) is 0 Å². The van der Waals surface area contributed by atoms with Gasteiger partial charge >= 0.3 is 0 Å². The largest absolute Gasteiger partial charge is 0.334 e. The first-order valence-electron chi connectivity index (χ1n) is 7.23. The molecule has 20 heavy (non-hydrogen) atoms. The van der Waals surface area contributed by atoms with Crippen LogP contribution >= 0.6 is 11.3 Å². The van der Waals surface area contributed by atoms with Crippen LogP contribution in [-0.2, 0) is 0 Å². The van der Waals surface area contributed by atoms with E-state index in [1.165, 1.54) is 11.1 Å². The molecule has 1 aromatic heterocycles. The van der Waals surface area contributed by atoms with Gasteiger partial charge in [0.1, 0.15) is 0 Å². The summed E-state index contributed by atoms with van der Waals surface area (Å²) in [5.74, 6) is 0.197. The van der Waals surface area contributed by atoms with Crippen LogP contribution in [0, 0.1) is 0 Å². The molecule has 1 saturated heterocycles. The Morgan fingerprint density at radius 3 is 3.10 bits per heavy atom. The van der Waals surface area contributed by atoms with Gasteiger partial charge in [0, 0.05) is 34.6 Å². The highest BCUT2D eigenvalue weighted by Gasteiger charge is 2.28. The number of carbonyl (C=O) groups is 1. The predicted molar refractivity (Wildman–Crippen MR) is 84.4 cm³/mol. The van der Waals surface area contributed by atoms with Gasteiger partial charge < -0.3 is 10.2 Å². The Morgan fingerprint density at radius 2 is 2.25 bits per heavy atom. The number of thiophene rings is 1. The van der Waals surface area contributed by atoms with Crippen molar-refractivity contribution in [2.45, 2.75) is 25.3 Å². The zero-order valence-corrected chi connectivity index (χ0v) is 12.6. The molecule has 1 aromatic carbocycles. The fourth-order valence-corrected chi connectivity index (χ4v) is 3.95. The summed E-state index contributed by atoms with van der Waals surface area (Å²) in [5.41, 5.74) is 0.869. The van der Waals surface area contributed by atoms with Crippen molar-refractivity contribution in [1.29, 1.82) is 0 Å². The van der Waals surface area contributed by atoms with Crippen LogP contribution in [0.5, 0.6) is 0 Å². The Hall–Kier alpha value is -1.39. The number of hydrogen-bond donors (Lipinski definition) is 1. The van der Waals surface area contributed by atoms with Gasteiger partial charge in [0.05, 0.1) is 5.56 Å². The second-order valence-electron chi connectivity index (χ2n) is 5.35. The van der Waals surface area contributed by atoms with Crippen LogP contribution in [0.3, 0.4) is 0 Å². The number of fused-ring (bicyclic) bond motifs is 1. The first-order valence-corrected chi connectivity index (χ1v) is 8.11. The molecule has 1 atom stereocenters. The summed E-state index contributed by atoms with van der Waals surface area (Å²) in [6.45, 7) is 1.77. The summed E-state index contributed by atoms with van der Waals surface area (Å²) in [6, 6.07) is 8.50. The Kier molecular flexibility index (Phi) is 4.03. The lowest BCUT2D eigenvalue weighted by atomic mass is 10.0. The van der Waals surface area contributed by atoms with E-state index in [2.05, 4.69) is 22.3 Å². The Balaban J connectivity index is 1.90. The monoisotopic (exact) mass is 288 g/mol. The lowest BCUT2D eigenvalue weighted by Crippen LogP contribution is -2.48. The van der Waals surface area contributed by atoms with Crippen molar-refractivity contribution >= 4 is 27.3 Å². The van der Waals surface area contributed by atoms with E-state index < -0.39 is 0 Å². The molecule has 3 nitrogen and oxygen atoms in total. The molecule has 0 bridgehead atoms. The van der Waals surface area contributed by atoms with Crippen LogP contribution in [0.2, 0.25) is 0 Å². The molecule has 1 fully saturated rings. The number of likely N-dealkylation sites (N-methyl/N-ethyl adjacent to an activating group) is 1. The normalized spacial score (nSPS) is 19.4. The van der Waals surface area contributed by atoms with E-state index in [1.807, 2.05) is 24.6 Å². The van der Waals surface area contributed by atoms with E-state index in [0.29, 0.717) is 6.04 Å². The highest BCUT2D eigenvalue weighted by Crippen LogP contribution is 2.28. The summed E-state index contributed by atoms with van der Waals surface area (Å²) in [5, 5.41) is 6.32. The molecule has 106 valence electrons. The number of piperidine rings is 1. The Labute approximate surface area is 123 Å². The average molecular weight is 288 g/mol. The molecule has 0 spiro atoms. The summed E-state index contributed by atoms with van der Waals surface area (Å²) < 4.78 is 1.19. The third-order valence-electron chi connectivity index (χ3n) is 4.04. The van der Waals surface area contributed by atoms with Gasteiger partial charge in [-0.3, -0.25) is 4.79 Å². The molecule has 1 aliphatic rings. The van der Waals surface area contributed by atoms with Crippen molar-refractivity contribution in [1.82, 2.24) is 10.2 Å². The van der Waals surface area contributed by atoms with E-state index in [-0.39, 0.29) is 5.91 Å². The molecule has 4 heteroatoms. The van der Waals surface area contributed by atoms with Crippen molar-refractivity contribution in [2.24, 2.45) is 0 Å². The second-order valence-corrected chi connectivity index (χ2v) is 6.26. The van der Waals surface area contributed by atoms with Gasteiger partial charge in [-0.1, -0.05) is 18.2 Å². The van der Waals surface area contributed by atoms with E-state index in [9.17, 15) is 4.79 Å². The number of carbonyl (C=O) groups excluding carboxylic acids is 1. The van der Waals surface area contributed by atoms with Gasteiger partial charge in [0.2, 0.25) is 0 Å². The zero-order valence-electron chi connectivity index (χ0n) is 11.8. The Bertz CT molecular complexity index is 605. The highest BCUT2D eigenvalue weighted by molar-refractivity contribution is 7.17. The van der Waals surface area contributed by atoms with Crippen LogP contribution in [-0.4, -0.2) is 37.0 Å². The fourth-order valence-electron chi connectivity index (χ4n) is 3.01. The van der Waals surface area contributed by atoms with Gasteiger partial charge in [0.25, 0.3) is 5.91 Å². The lowest BCUT2D eigenvalue weighted by molar-refractivity contribution is 0.0617. The van der Waals surface area contributed by atoms with Crippen LogP contribution in [0.1, 0.15) is 29.6 Å². The van der Waals surface area contributed by atoms with Gasteiger partial charge in [-0.15, -0.1) is 11.3 Å². The number of benzene rings is 1. The smallest absolute Gasteiger partial charge is 0.255 e. The van der Waals surface area contributed by atoms with Crippen LogP contribution in [0.25, 0.3) is 10.1 Å². The van der Waals surface area contributed by atoms with Crippen molar-refractivity contribution in [2.75, 3.05) is 20.1 Å². The predicted octanol–water partition coefficient (Wildman–Crippen LogP) is 3.12. The molecule has 1 amide bonds. The van der Waals surface area contributed by atoms with Crippen LogP contribution < -0.4 is 5.32 Å². The van der Waals surface area contributed by atoms with E-state index in [4.69, 9.17) is 0 Å². The molecular weight excluding hydrogens is 268 g/mol. The van der Waals surface area contributed by atoms with Gasteiger partial charge in [0.15, 0.2) is 0 Å². The topological polar surface area (TPSA) is 32.3 Å².